The molecule has 2 aromatic rings. The third-order valence-electron chi connectivity index (χ3n) is 7.87. The van der Waals surface area contributed by atoms with Crippen molar-refractivity contribution in [2.45, 2.75) is 78.0 Å². The molecular weight excluding hydrogens is 354 g/mol. The molecule has 2 nitrogen and oxygen atoms in total. The highest BCUT2D eigenvalue weighted by molar-refractivity contribution is 5.29. The highest BCUT2D eigenvalue weighted by Gasteiger charge is 2.59. The van der Waals surface area contributed by atoms with Gasteiger partial charge in [-0.2, -0.15) is 0 Å². The van der Waals surface area contributed by atoms with Gasteiger partial charge in [0.25, 0.3) is 0 Å². The molecule has 0 aromatic heterocycles. The molecule has 4 saturated carbocycles. The van der Waals surface area contributed by atoms with Crippen LogP contribution in [0.1, 0.15) is 69.1 Å². The molecule has 2 heteroatoms. The van der Waals surface area contributed by atoms with Crippen LogP contribution in [0.5, 0.6) is 5.75 Å². The van der Waals surface area contributed by atoms with Crippen LogP contribution >= 0.6 is 0 Å². The minimum absolute atomic E-state index is 0.364. The Morgan fingerprint density at radius 1 is 0.897 bits per heavy atom. The molecule has 0 heterocycles. The zero-order valence-corrected chi connectivity index (χ0v) is 18.3. The third kappa shape index (κ3) is 3.84. The van der Waals surface area contributed by atoms with Gasteiger partial charge in [0.15, 0.2) is 0 Å². The monoisotopic (exact) mass is 389 g/mol. The predicted molar refractivity (Wildman–Crippen MR) is 119 cm³/mol. The van der Waals surface area contributed by atoms with Crippen molar-refractivity contribution in [3.8, 4) is 5.75 Å². The lowest BCUT2D eigenvalue weighted by atomic mass is 9.43. The SMILES string of the molecule is Cc1ccccc1COc1ccc(CNC23CC4CC(C)(CC(C)(C4)C2)C3)cc1. The number of ether oxygens (including phenoxy) is 1. The van der Waals surface area contributed by atoms with Gasteiger partial charge in [-0.3, -0.25) is 0 Å². The van der Waals surface area contributed by atoms with Gasteiger partial charge in [-0.05, 0) is 91.0 Å². The zero-order valence-electron chi connectivity index (χ0n) is 18.3. The summed E-state index contributed by atoms with van der Waals surface area (Å²) < 4.78 is 6.01. The summed E-state index contributed by atoms with van der Waals surface area (Å²) in [5.41, 5.74) is 5.39. The van der Waals surface area contributed by atoms with Gasteiger partial charge in [0.2, 0.25) is 0 Å². The second kappa shape index (κ2) is 6.87. The Morgan fingerprint density at radius 2 is 1.59 bits per heavy atom. The van der Waals surface area contributed by atoms with Gasteiger partial charge in [0, 0.05) is 12.1 Å². The van der Waals surface area contributed by atoms with E-state index in [1.54, 1.807) is 0 Å². The van der Waals surface area contributed by atoms with Crippen LogP contribution in [0, 0.1) is 23.7 Å². The van der Waals surface area contributed by atoms with Crippen LogP contribution in [0.15, 0.2) is 48.5 Å². The van der Waals surface area contributed by atoms with Crippen molar-refractivity contribution in [1.82, 2.24) is 5.32 Å². The molecule has 0 aliphatic heterocycles. The van der Waals surface area contributed by atoms with E-state index < -0.39 is 0 Å². The highest BCUT2D eigenvalue weighted by Crippen LogP contribution is 2.66. The number of aryl methyl sites for hydroxylation is 1. The fourth-order valence-electron chi connectivity index (χ4n) is 7.57. The van der Waals surface area contributed by atoms with Crippen LogP contribution in [0.3, 0.4) is 0 Å². The van der Waals surface area contributed by atoms with Crippen molar-refractivity contribution in [3.05, 3.63) is 65.2 Å². The molecular formula is C27H35NO. The normalized spacial score (nSPS) is 35.1. The molecule has 2 atom stereocenters. The lowest BCUT2D eigenvalue weighted by Crippen LogP contribution is -2.63. The molecule has 0 radical (unpaired) electrons. The fourth-order valence-corrected chi connectivity index (χ4v) is 7.57. The van der Waals surface area contributed by atoms with Gasteiger partial charge in [0.05, 0.1) is 0 Å². The Morgan fingerprint density at radius 3 is 2.24 bits per heavy atom. The molecule has 0 amide bonds. The number of hydrogen-bond acceptors (Lipinski definition) is 2. The van der Waals surface area contributed by atoms with Crippen molar-refractivity contribution in [3.63, 3.8) is 0 Å². The summed E-state index contributed by atoms with van der Waals surface area (Å²) in [4.78, 5) is 0. The molecule has 4 bridgehead atoms. The average molecular weight is 390 g/mol. The first-order valence-corrected chi connectivity index (χ1v) is 11.4. The molecule has 29 heavy (non-hydrogen) atoms. The third-order valence-corrected chi connectivity index (χ3v) is 7.87. The molecule has 4 aliphatic carbocycles. The van der Waals surface area contributed by atoms with Gasteiger partial charge >= 0.3 is 0 Å². The summed E-state index contributed by atoms with van der Waals surface area (Å²) in [5, 5.41) is 4.04. The van der Waals surface area contributed by atoms with Crippen LogP contribution in [-0.4, -0.2) is 5.54 Å². The maximum absolute atomic E-state index is 6.01. The molecule has 1 N–H and O–H groups in total. The Balaban J connectivity index is 1.20. The predicted octanol–water partition coefficient (Wildman–Crippen LogP) is 6.41. The number of rotatable bonds is 6. The quantitative estimate of drug-likeness (QED) is 0.616. The van der Waals surface area contributed by atoms with Crippen LogP contribution in [-0.2, 0) is 13.2 Å². The fraction of sp³-hybridized carbons (Fsp3) is 0.556. The Labute approximate surface area is 176 Å². The first kappa shape index (κ1) is 19.2. The summed E-state index contributed by atoms with van der Waals surface area (Å²) in [7, 11) is 0. The van der Waals surface area contributed by atoms with E-state index in [-0.39, 0.29) is 0 Å². The van der Waals surface area contributed by atoms with E-state index in [4.69, 9.17) is 4.74 Å². The minimum atomic E-state index is 0.364. The van der Waals surface area contributed by atoms with Gasteiger partial charge in [0.1, 0.15) is 12.4 Å². The van der Waals surface area contributed by atoms with E-state index in [9.17, 15) is 0 Å². The average Bonchev–Trinajstić information content (AvgIpc) is 2.64. The molecule has 0 saturated heterocycles. The van der Waals surface area contributed by atoms with Crippen LogP contribution in [0.4, 0.5) is 0 Å². The maximum atomic E-state index is 6.01. The van der Waals surface area contributed by atoms with Gasteiger partial charge < -0.3 is 10.1 Å². The molecule has 4 fully saturated rings. The molecule has 2 aromatic carbocycles. The summed E-state index contributed by atoms with van der Waals surface area (Å²) in [6.45, 7) is 8.83. The number of benzene rings is 2. The second-order valence-electron chi connectivity index (χ2n) is 11.1. The van der Waals surface area contributed by atoms with E-state index in [0.717, 1.165) is 18.2 Å². The van der Waals surface area contributed by atoms with Crippen molar-refractivity contribution >= 4 is 0 Å². The summed E-state index contributed by atoms with van der Waals surface area (Å²) in [5.74, 6) is 1.89. The first-order valence-electron chi connectivity index (χ1n) is 11.4. The Hall–Kier alpha value is -1.80. The van der Waals surface area contributed by atoms with E-state index in [2.05, 4.69) is 74.6 Å². The molecule has 4 aliphatic rings. The molecule has 0 spiro atoms. The highest BCUT2D eigenvalue weighted by atomic mass is 16.5. The van der Waals surface area contributed by atoms with Gasteiger partial charge in [-0.15, -0.1) is 0 Å². The Bertz CT molecular complexity index is 868. The standard InChI is InChI=1S/C27H35NO/c1-20-6-4-5-7-23(20)16-29-24-10-8-21(9-11-24)15-28-27-14-22-12-25(2,18-27)17-26(3,13-22)19-27/h4-11,22,28H,12-19H2,1-3H3. The largest absolute Gasteiger partial charge is 0.489 e. The van der Waals surface area contributed by atoms with Gasteiger partial charge in [-0.1, -0.05) is 50.2 Å². The zero-order chi connectivity index (χ0) is 20.1. The molecule has 154 valence electrons. The lowest BCUT2D eigenvalue weighted by Gasteiger charge is -2.65. The molecule has 2 unspecified atom stereocenters. The molecule has 6 rings (SSSR count). The summed E-state index contributed by atoms with van der Waals surface area (Å²) in [6.07, 6.45) is 8.47. The van der Waals surface area contributed by atoms with Crippen molar-refractivity contribution in [1.29, 1.82) is 0 Å². The summed E-state index contributed by atoms with van der Waals surface area (Å²) >= 11 is 0. The minimum Gasteiger partial charge on any atom is -0.489 e. The van der Waals surface area contributed by atoms with E-state index in [1.807, 2.05) is 0 Å². The van der Waals surface area contributed by atoms with Crippen molar-refractivity contribution < 1.29 is 4.74 Å². The van der Waals surface area contributed by atoms with Crippen LogP contribution in [0.2, 0.25) is 0 Å². The van der Waals surface area contributed by atoms with Crippen molar-refractivity contribution in [2.24, 2.45) is 16.7 Å². The lowest BCUT2D eigenvalue weighted by molar-refractivity contribution is -0.118. The maximum Gasteiger partial charge on any atom is 0.119 e. The van der Waals surface area contributed by atoms with Crippen LogP contribution in [0.25, 0.3) is 0 Å². The smallest absolute Gasteiger partial charge is 0.119 e. The van der Waals surface area contributed by atoms with E-state index in [0.29, 0.717) is 23.0 Å². The number of nitrogens with one attached hydrogen (secondary N) is 1. The Kier molecular flexibility index (Phi) is 4.55. The van der Waals surface area contributed by atoms with Crippen LogP contribution < -0.4 is 10.1 Å². The second-order valence-corrected chi connectivity index (χ2v) is 11.1. The topological polar surface area (TPSA) is 21.3 Å². The van der Waals surface area contributed by atoms with Crippen molar-refractivity contribution in [2.75, 3.05) is 0 Å². The van der Waals surface area contributed by atoms with E-state index in [1.165, 1.54) is 55.2 Å². The number of hydrogen-bond donors (Lipinski definition) is 1. The van der Waals surface area contributed by atoms with E-state index >= 15 is 0 Å². The van der Waals surface area contributed by atoms with Gasteiger partial charge in [-0.25, -0.2) is 0 Å². The summed E-state index contributed by atoms with van der Waals surface area (Å²) in [6, 6.07) is 17.1. The first-order chi connectivity index (χ1) is 13.8.